The summed E-state index contributed by atoms with van der Waals surface area (Å²) in [6, 6.07) is 0. The Labute approximate surface area is 167 Å². The van der Waals surface area contributed by atoms with Gasteiger partial charge in [0.05, 0.1) is 6.10 Å². The Morgan fingerprint density at radius 3 is 1.41 bits per heavy atom. The van der Waals surface area contributed by atoms with Gasteiger partial charge in [-0.25, -0.2) is 0 Å². The summed E-state index contributed by atoms with van der Waals surface area (Å²) in [4.78, 5) is 10.3. The predicted molar refractivity (Wildman–Crippen MR) is 114 cm³/mol. The van der Waals surface area contributed by atoms with E-state index in [1.54, 1.807) is 0 Å². The summed E-state index contributed by atoms with van der Waals surface area (Å²) in [6.45, 7) is 2.52. The van der Waals surface area contributed by atoms with Gasteiger partial charge in [-0.1, -0.05) is 96.8 Å². The molecule has 0 rings (SSSR count). The highest BCUT2D eigenvalue weighted by Gasteiger charge is 1.97. The fraction of sp³-hybridized carbons (Fsp3) is 0.955. The van der Waals surface area contributed by atoms with Crippen molar-refractivity contribution in [1.82, 2.24) is 0 Å². The maximum absolute atomic E-state index is 10.3. The number of hydrogen-bond acceptors (Lipinski definition) is 4. The first-order valence-corrected chi connectivity index (χ1v) is 11.3. The normalized spacial score (nSPS) is 11.7. The summed E-state index contributed by atoms with van der Waals surface area (Å²) in [5.41, 5.74) is 5.00. The van der Waals surface area contributed by atoms with Crippen LogP contribution >= 0.6 is 0 Å². The molecular formula is C22H47NO4. The number of hydrogen-bond donors (Lipinski definition) is 4. The van der Waals surface area contributed by atoms with Gasteiger partial charge in [0.1, 0.15) is 0 Å². The fourth-order valence-electron chi connectivity index (χ4n) is 2.91. The van der Waals surface area contributed by atoms with Gasteiger partial charge in [0, 0.05) is 19.6 Å². The number of rotatable bonds is 19. The van der Waals surface area contributed by atoms with Crippen LogP contribution in [0.25, 0.3) is 0 Å². The molecule has 1 atom stereocenters. The highest BCUT2D eigenvalue weighted by atomic mass is 16.4. The minimum Gasteiger partial charge on any atom is -0.481 e. The van der Waals surface area contributed by atoms with E-state index in [1.807, 2.05) is 0 Å². The van der Waals surface area contributed by atoms with Crippen molar-refractivity contribution in [3.8, 4) is 0 Å². The minimum atomic E-state index is -0.653. The molecule has 1 unspecified atom stereocenters. The van der Waals surface area contributed by atoms with Gasteiger partial charge in [-0.2, -0.15) is 0 Å². The molecule has 27 heavy (non-hydrogen) atoms. The number of aliphatic carboxylic acids is 1. The third-order valence-electron chi connectivity index (χ3n) is 4.73. The average Bonchev–Trinajstić information content (AvgIpc) is 2.65. The van der Waals surface area contributed by atoms with Crippen LogP contribution in [-0.2, 0) is 4.79 Å². The van der Waals surface area contributed by atoms with Crippen LogP contribution in [0.4, 0.5) is 0 Å². The second-order valence-corrected chi connectivity index (χ2v) is 7.50. The van der Waals surface area contributed by atoms with Crippen molar-refractivity contribution in [2.45, 2.75) is 122 Å². The van der Waals surface area contributed by atoms with Crippen LogP contribution in [0.15, 0.2) is 0 Å². The van der Waals surface area contributed by atoms with Gasteiger partial charge in [-0.05, 0) is 12.8 Å². The van der Waals surface area contributed by atoms with Gasteiger partial charge < -0.3 is 21.1 Å². The molecule has 0 amide bonds. The number of carboxylic acids is 1. The SMILES string of the molecule is CCCCCCCCCCCCCCCCCC(=O)O.NCC(O)CCO. The minimum absolute atomic E-state index is 0.0123. The summed E-state index contributed by atoms with van der Waals surface area (Å²) in [5, 5.41) is 25.2. The van der Waals surface area contributed by atoms with Crippen molar-refractivity contribution in [3.63, 3.8) is 0 Å². The van der Waals surface area contributed by atoms with Crippen molar-refractivity contribution >= 4 is 5.97 Å². The van der Waals surface area contributed by atoms with E-state index < -0.39 is 12.1 Å². The first-order chi connectivity index (χ1) is 13.1. The van der Waals surface area contributed by atoms with E-state index in [0.29, 0.717) is 12.8 Å². The van der Waals surface area contributed by atoms with Gasteiger partial charge >= 0.3 is 5.97 Å². The molecule has 0 aliphatic heterocycles. The molecule has 0 radical (unpaired) electrons. The third kappa shape index (κ3) is 30.3. The van der Waals surface area contributed by atoms with Gasteiger partial charge in [0.15, 0.2) is 0 Å². The Kier molecular flexibility index (Phi) is 26.8. The van der Waals surface area contributed by atoms with Gasteiger partial charge in [0.2, 0.25) is 0 Å². The van der Waals surface area contributed by atoms with E-state index in [2.05, 4.69) is 6.92 Å². The van der Waals surface area contributed by atoms with Crippen LogP contribution < -0.4 is 5.73 Å². The Hall–Kier alpha value is -0.650. The largest absolute Gasteiger partial charge is 0.481 e. The van der Waals surface area contributed by atoms with Crippen molar-refractivity contribution in [1.29, 1.82) is 0 Å². The van der Waals surface area contributed by atoms with Gasteiger partial charge in [-0.3, -0.25) is 4.79 Å². The van der Waals surface area contributed by atoms with E-state index in [0.717, 1.165) is 12.8 Å². The van der Waals surface area contributed by atoms with E-state index in [9.17, 15) is 4.79 Å². The van der Waals surface area contributed by atoms with Crippen molar-refractivity contribution in [3.05, 3.63) is 0 Å². The molecule has 0 aromatic carbocycles. The first-order valence-electron chi connectivity index (χ1n) is 11.3. The van der Waals surface area contributed by atoms with Crippen molar-refractivity contribution in [2.24, 2.45) is 5.73 Å². The molecule has 0 heterocycles. The van der Waals surface area contributed by atoms with Crippen LogP contribution in [0.1, 0.15) is 116 Å². The predicted octanol–water partition coefficient (Wildman–Crippen LogP) is 5.02. The standard InChI is InChI=1S/C18H36O2.C4H11NO2/c1-2-3-4-5-6-7-8-9-10-11-12-13-14-15-16-17-18(19)20;5-3-4(7)1-2-6/h2-17H2,1H3,(H,19,20);4,6-7H,1-3,5H2. The highest BCUT2D eigenvalue weighted by Crippen LogP contribution is 2.13. The topological polar surface area (TPSA) is 104 Å². The fourth-order valence-corrected chi connectivity index (χ4v) is 2.91. The molecule has 0 saturated heterocycles. The molecule has 5 nitrogen and oxygen atoms in total. The number of unbranched alkanes of at least 4 members (excludes halogenated alkanes) is 14. The van der Waals surface area contributed by atoms with Crippen LogP contribution in [0, 0.1) is 0 Å². The second-order valence-electron chi connectivity index (χ2n) is 7.50. The van der Waals surface area contributed by atoms with Crippen molar-refractivity contribution in [2.75, 3.05) is 13.2 Å². The lowest BCUT2D eigenvalue weighted by molar-refractivity contribution is -0.137. The Bertz CT molecular complexity index is 287. The molecule has 0 spiro atoms. The first kappa shape index (κ1) is 28.6. The summed E-state index contributed by atoms with van der Waals surface area (Å²) in [6.07, 6.45) is 20.1. The molecule has 0 aliphatic rings. The maximum atomic E-state index is 10.3. The van der Waals surface area contributed by atoms with E-state index in [1.165, 1.54) is 83.5 Å². The van der Waals surface area contributed by atoms with Crippen LogP contribution in [0.5, 0.6) is 0 Å². The molecule has 0 aliphatic carbocycles. The molecule has 0 bridgehead atoms. The van der Waals surface area contributed by atoms with E-state index in [-0.39, 0.29) is 13.2 Å². The monoisotopic (exact) mass is 389 g/mol. The highest BCUT2D eigenvalue weighted by molar-refractivity contribution is 5.66. The van der Waals surface area contributed by atoms with Crippen LogP contribution in [0.2, 0.25) is 0 Å². The molecule has 0 aromatic heterocycles. The number of nitrogens with two attached hydrogens (primary N) is 1. The lowest BCUT2D eigenvalue weighted by atomic mass is 10.0. The summed E-state index contributed by atoms with van der Waals surface area (Å²) < 4.78 is 0. The summed E-state index contributed by atoms with van der Waals surface area (Å²) in [5.74, 6) is -0.653. The third-order valence-corrected chi connectivity index (χ3v) is 4.73. The molecule has 0 saturated carbocycles. The smallest absolute Gasteiger partial charge is 0.303 e. The Balaban J connectivity index is 0. The van der Waals surface area contributed by atoms with Crippen molar-refractivity contribution < 1.29 is 20.1 Å². The molecule has 5 heteroatoms. The second kappa shape index (κ2) is 25.4. The van der Waals surface area contributed by atoms with E-state index in [4.69, 9.17) is 21.1 Å². The summed E-state index contributed by atoms with van der Waals surface area (Å²) >= 11 is 0. The summed E-state index contributed by atoms with van der Waals surface area (Å²) in [7, 11) is 0. The average molecular weight is 390 g/mol. The van der Waals surface area contributed by atoms with Gasteiger partial charge in [0.25, 0.3) is 0 Å². The molecule has 5 N–H and O–H groups in total. The maximum Gasteiger partial charge on any atom is 0.303 e. The zero-order chi connectivity index (χ0) is 20.6. The number of carbonyl (C=O) groups is 1. The Morgan fingerprint density at radius 1 is 0.778 bits per heavy atom. The van der Waals surface area contributed by atoms with Crippen LogP contribution in [-0.4, -0.2) is 40.5 Å². The molecule has 0 fully saturated rings. The number of carboxylic acid groups (broad SMARTS) is 1. The van der Waals surface area contributed by atoms with Gasteiger partial charge in [-0.15, -0.1) is 0 Å². The molecule has 0 aromatic rings. The number of aliphatic hydroxyl groups excluding tert-OH is 2. The van der Waals surface area contributed by atoms with Crippen LogP contribution in [0.3, 0.4) is 0 Å². The zero-order valence-electron chi connectivity index (χ0n) is 17.8. The molecular weight excluding hydrogens is 342 g/mol. The lowest BCUT2D eigenvalue weighted by Crippen LogP contribution is -2.20. The lowest BCUT2D eigenvalue weighted by Gasteiger charge is -2.03. The van der Waals surface area contributed by atoms with E-state index >= 15 is 0 Å². The molecule has 164 valence electrons. The Morgan fingerprint density at radius 2 is 1.15 bits per heavy atom. The number of aliphatic hydroxyl groups is 2. The quantitative estimate of drug-likeness (QED) is 0.232. The zero-order valence-corrected chi connectivity index (χ0v) is 17.8.